The topological polar surface area (TPSA) is 29.1 Å². The van der Waals surface area contributed by atoms with E-state index in [0.29, 0.717) is 0 Å². The van der Waals surface area contributed by atoms with Crippen LogP contribution in [0.4, 0.5) is 0 Å². The Balaban J connectivity index is 1.60. The van der Waals surface area contributed by atoms with E-state index >= 15 is 0 Å². The summed E-state index contributed by atoms with van der Waals surface area (Å²) in [7, 11) is -3.00. The van der Waals surface area contributed by atoms with E-state index in [9.17, 15) is 4.57 Å². The molecule has 0 spiro atoms. The molecule has 1 N–H and O–H groups in total. The predicted octanol–water partition coefficient (Wildman–Crippen LogP) is 6.46. The highest BCUT2D eigenvalue weighted by atomic mass is 32.2. The lowest BCUT2D eigenvalue weighted by molar-refractivity contribution is 0.572. The third-order valence-corrected chi connectivity index (χ3v) is 10.1. The molecule has 2 nitrogen and oxygen atoms in total. The van der Waals surface area contributed by atoms with Crippen molar-refractivity contribution < 1.29 is 4.57 Å². The molecule has 4 rings (SSSR count). The first-order valence-corrected chi connectivity index (χ1v) is 14.3. The van der Waals surface area contributed by atoms with Crippen LogP contribution in [0.25, 0.3) is 0 Å². The molecule has 0 radical (unpaired) electrons. The van der Waals surface area contributed by atoms with E-state index in [1.807, 2.05) is 72.8 Å². The van der Waals surface area contributed by atoms with Crippen LogP contribution in [0.3, 0.4) is 0 Å². The molecule has 0 amide bonds. The van der Waals surface area contributed by atoms with Gasteiger partial charge in [-0.3, -0.25) is 9.65 Å². The summed E-state index contributed by atoms with van der Waals surface area (Å²) < 4.78 is 14.5. The van der Waals surface area contributed by atoms with Gasteiger partial charge in [-0.05, 0) is 48.5 Å². The molecular formula is C27H26NOPS2. The molecule has 0 aromatic heterocycles. The molecule has 5 heteroatoms. The van der Waals surface area contributed by atoms with Crippen LogP contribution in [0.2, 0.25) is 0 Å². The number of rotatable bonds is 10. The van der Waals surface area contributed by atoms with E-state index in [1.54, 1.807) is 23.5 Å². The van der Waals surface area contributed by atoms with E-state index in [1.165, 1.54) is 9.79 Å². The lowest BCUT2D eigenvalue weighted by Crippen LogP contribution is -2.38. The van der Waals surface area contributed by atoms with Crippen molar-refractivity contribution in [1.82, 2.24) is 5.09 Å². The Hall–Kier alpha value is -2.23. The first-order chi connectivity index (χ1) is 15.7. The molecule has 0 aliphatic rings. The quantitative estimate of drug-likeness (QED) is 0.211. The highest BCUT2D eigenvalue weighted by Crippen LogP contribution is 2.40. The number of hydrogen-bond acceptors (Lipinski definition) is 3. The average molecular weight is 476 g/mol. The standard InChI is InChI=1S/C27H26NOPS2/c29-30(24-13-5-1-6-14-24,25-15-7-2-8-16-25)28-23(21-31-26-17-9-3-10-18-26)22-32-27-19-11-4-12-20-27/h1-20,23H,21-22H2,(H,28,29). The lowest BCUT2D eigenvalue weighted by Gasteiger charge is -2.27. The molecule has 0 heterocycles. The Morgan fingerprint density at radius 2 is 0.906 bits per heavy atom. The van der Waals surface area contributed by atoms with Crippen LogP contribution in [-0.4, -0.2) is 17.5 Å². The number of thioether (sulfide) groups is 2. The molecule has 0 atom stereocenters. The summed E-state index contributed by atoms with van der Waals surface area (Å²) in [5.74, 6) is 1.65. The number of benzene rings is 4. The van der Waals surface area contributed by atoms with Crippen LogP contribution in [0.15, 0.2) is 131 Å². The zero-order valence-electron chi connectivity index (χ0n) is 17.7. The van der Waals surface area contributed by atoms with Gasteiger partial charge in [-0.1, -0.05) is 72.8 Å². The van der Waals surface area contributed by atoms with E-state index in [-0.39, 0.29) is 6.04 Å². The van der Waals surface area contributed by atoms with Gasteiger partial charge < -0.3 is 0 Å². The summed E-state index contributed by atoms with van der Waals surface area (Å²) in [6.07, 6.45) is 0. The van der Waals surface area contributed by atoms with Crippen molar-refractivity contribution in [2.45, 2.75) is 15.8 Å². The van der Waals surface area contributed by atoms with Gasteiger partial charge in [0.15, 0.2) is 0 Å². The summed E-state index contributed by atoms with van der Waals surface area (Å²) >= 11 is 3.60. The fourth-order valence-corrected chi connectivity index (χ4v) is 8.14. The second-order valence-electron chi connectivity index (χ2n) is 7.35. The van der Waals surface area contributed by atoms with Crippen molar-refractivity contribution in [1.29, 1.82) is 0 Å². The lowest BCUT2D eigenvalue weighted by atomic mass is 10.4. The van der Waals surface area contributed by atoms with Gasteiger partial charge in [-0.15, -0.1) is 23.5 Å². The molecule has 0 saturated carbocycles. The number of hydrogen-bond donors (Lipinski definition) is 1. The molecule has 0 unspecified atom stereocenters. The van der Waals surface area contributed by atoms with Gasteiger partial charge in [0.1, 0.15) is 0 Å². The van der Waals surface area contributed by atoms with Crippen LogP contribution in [0.5, 0.6) is 0 Å². The zero-order valence-corrected chi connectivity index (χ0v) is 20.2. The Morgan fingerprint density at radius 1 is 0.562 bits per heavy atom. The Labute approximate surface area is 199 Å². The summed E-state index contributed by atoms with van der Waals surface area (Å²) in [5.41, 5.74) is 0. The fraction of sp³-hybridized carbons (Fsp3) is 0.111. The minimum Gasteiger partial charge on any atom is -0.297 e. The molecule has 0 aliphatic heterocycles. The highest BCUT2D eigenvalue weighted by molar-refractivity contribution is 8.00. The third-order valence-electron chi connectivity index (χ3n) is 4.99. The third kappa shape index (κ3) is 6.17. The highest BCUT2D eigenvalue weighted by Gasteiger charge is 2.30. The van der Waals surface area contributed by atoms with E-state index in [2.05, 4.69) is 53.6 Å². The van der Waals surface area contributed by atoms with Crippen molar-refractivity contribution in [2.75, 3.05) is 11.5 Å². The van der Waals surface area contributed by atoms with Gasteiger partial charge in [-0.2, -0.15) is 0 Å². The second kappa shape index (κ2) is 11.6. The normalized spacial score (nSPS) is 11.5. The van der Waals surface area contributed by atoms with Crippen molar-refractivity contribution >= 4 is 41.4 Å². The largest absolute Gasteiger partial charge is 0.297 e. The summed E-state index contributed by atoms with van der Waals surface area (Å²) in [5, 5.41) is 5.29. The first-order valence-electron chi connectivity index (χ1n) is 10.6. The van der Waals surface area contributed by atoms with Gasteiger partial charge in [-0.25, -0.2) is 0 Å². The average Bonchev–Trinajstić information content (AvgIpc) is 2.88. The molecule has 0 saturated heterocycles. The van der Waals surface area contributed by atoms with Gasteiger partial charge >= 0.3 is 0 Å². The zero-order chi connectivity index (χ0) is 22.1. The van der Waals surface area contributed by atoms with Crippen LogP contribution in [-0.2, 0) is 4.57 Å². The van der Waals surface area contributed by atoms with E-state index in [0.717, 1.165) is 22.1 Å². The monoisotopic (exact) mass is 475 g/mol. The minimum atomic E-state index is -3.00. The molecule has 0 bridgehead atoms. The molecule has 4 aromatic carbocycles. The van der Waals surface area contributed by atoms with Crippen molar-refractivity contribution in [3.05, 3.63) is 121 Å². The SMILES string of the molecule is O=P(NC(CSc1ccccc1)CSc1ccccc1)(c1ccccc1)c1ccccc1. The Morgan fingerprint density at radius 3 is 1.28 bits per heavy atom. The van der Waals surface area contributed by atoms with Crippen LogP contribution < -0.4 is 15.7 Å². The maximum atomic E-state index is 14.5. The van der Waals surface area contributed by atoms with Crippen LogP contribution >= 0.6 is 30.8 Å². The van der Waals surface area contributed by atoms with Gasteiger partial charge in [0.2, 0.25) is 7.29 Å². The maximum Gasteiger partial charge on any atom is 0.204 e. The molecule has 32 heavy (non-hydrogen) atoms. The molecule has 4 aromatic rings. The molecule has 162 valence electrons. The maximum absolute atomic E-state index is 14.5. The minimum absolute atomic E-state index is 0.0525. The van der Waals surface area contributed by atoms with E-state index in [4.69, 9.17) is 0 Å². The Kier molecular flexibility index (Phi) is 8.30. The van der Waals surface area contributed by atoms with Crippen molar-refractivity contribution in [2.24, 2.45) is 0 Å². The van der Waals surface area contributed by atoms with Crippen LogP contribution in [0.1, 0.15) is 0 Å². The molecular weight excluding hydrogens is 449 g/mol. The predicted molar refractivity (Wildman–Crippen MR) is 141 cm³/mol. The molecule has 0 aliphatic carbocycles. The van der Waals surface area contributed by atoms with Crippen molar-refractivity contribution in [3.63, 3.8) is 0 Å². The van der Waals surface area contributed by atoms with Crippen molar-refractivity contribution in [3.8, 4) is 0 Å². The molecule has 0 fully saturated rings. The Bertz CT molecular complexity index is 1040. The van der Waals surface area contributed by atoms with Gasteiger partial charge in [0.25, 0.3) is 0 Å². The first kappa shape index (κ1) is 22.9. The van der Waals surface area contributed by atoms with Gasteiger partial charge in [0.05, 0.1) is 0 Å². The summed E-state index contributed by atoms with van der Waals surface area (Å²) in [6.45, 7) is 0. The smallest absolute Gasteiger partial charge is 0.204 e. The summed E-state index contributed by atoms with van der Waals surface area (Å²) in [6, 6.07) is 40.5. The number of nitrogens with one attached hydrogen (secondary N) is 1. The fourth-order valence-electron chi connectivity index (χ4n) is 3.38. The van der Waals surface area contributed by atoms with Gasteiger partial charge in [0, 0.05) is 37.9 Å². The van der Waals surface area contributed by atoms with E-state index < -0.39 is 7.29 Å². The summed E-state index contributed by atoms with van der Waals surface area (Å²) in [4.78, 5) is 2.44. The van der Waals surface area contributed by atoms with Crippen LogP contribution in [0, 0.1) is 0 Å². The second-order valence-corrected chi connectivity index (χ2v) is 12.1.